The molecular formula is C50H67N9O11. The van der Waals surface area contributed by atoms with Gasteiger partial charge in [0.05, 0.1) is 31.1 Å². The van der Waals surface area contributed by atoms with Crippen LogP contribution < -0.4 is 31.9 Å². The van der Waals surface area contributed by atoms with Crippen LogP contribution in [0.15, 0.2) is 72.9 Å². The summed E-state index contributed by atoms with van der Waals surface area (Å²) < 4.78 is 0. The number of benzene rings is 2. The van der Waals surface area contributed by atoms with Gasteiger partial charge < -0.3 is 51.8 Å². The van der Waals surface area contributed by atoms with Crippen molar-refractivity contribution in [3.05, 3.63) is 89.7 Å². The van der Waals surface area contributed by atoms with E-state index in [0.717, 1.165) is 11.3 Å². The van der Waals surface area contributed by atoms with Crippen LogP contribution in [0, 0.1) is 12.8 Å². The van der Waals surface area contributed by atoms with Crippen molar-refractivity contribution in [1.29, 1.82) is 0 Å². The Hall–Kier alpha value is -7.22. The number of pyridine rings is 1. The van der Waals surface area contributed by atoms with E-state index in [0.29, 0.717) is 87.8 Å². The number of hydrogen-bond donors (Lipinski definition) is 8. The first-order valence-electron chi connectivity index (χ1n) is 23.7. The van der Waals surface area contributed by atoms with Gasteiger partial charge in [-0.2, -0.15) is 0 Å². The maximum absolute atomic E-state index is 13.9. The maximum Gasteiger partial charge on any atom is 0.323 e. The molecule has 0 spiro atoms. The zero-order valence-corrected chi connectivity index (χ0v) is 40.1. The van der Waals surface area contributed by atoms with Gasteiger partial charge in [0.1, 0.15) is 24.4 Å². The van der Waals surface area contributed by atoms with Gasteiger partial charge in [-0.25, -0.2) is 4.79 Å². The Bertz CT molecular complexity index is 2240. The van der Waals surface area contributed by atoms with E-state index in [2.05, 4.69) is 36.9 Å². The van der Waals surface area contributed by atoms with Crippen LogP contribution in [0.25, 0.3) is 0 Å². The number of likely N-dealkylation sites (tertiary alicyclic amines) is 1. The Morgan fingerprint density at radius 3 is 2.20 bits per heavy atom. The molecule has 378 valence electrons. The SMILES string of the molecule is Cc1ccccc1NC(=O)Nc1ccc(CC(=O)N[C@@H](CCCCNC(=O)CCCCCN(CC(=O)O)Cc2ccccn2)C(=O)N[C@@H](CC(=O)O)C(=O)N[C@H](C(=O)N2CCC[C@H]2C=O)C(C)C)cc1. The molecule has 7 amide bonds. The largest absolute Gasteiger partial charge is 0.481 e. The van der Waals surface area contributed by atoms with Crippen LogP contribution in [0.5, 0.6) is 0 Å². The number of carboxylic acid groups (broad SMARTS) is 2. The van der Waals surface area contributed by atoms with Crippen molar-refractivity contribution in [2.75, 3.05) is 36.8 Å². The normalized spacial score (nSPS) is 14.5. The van der Waals surface area contributed by atoms with Gasteiger partial charge in [0.15, 0.2) is 0 Å². The molecule has 1 aromatic heterocycles. The molecule has 20 nitrogen and oxygen atoms in total. The molecule has 20 heteroatoms. The lowest BCUT2D eigenvalue weighted by molar-refractivity contribution is -0.143. The number of aliphatic carboxylic acids is 2. The number of carboxylic acids is 2. The lowest BCUT2D eigenvalue weighted by Crippen LogP contribution is -2.59. The van der Waals surface area contributed by atoms with Crippen LogP contribution in [-0.2, 0) is 51.3 Å². The number of urea groups is 1. The van der Waals surface area contributed by atoms with Gasteiger partial charge in [0, 0.05) is 43.6 Å². The van der Waals surface area contributed by atoms with Crippen molar-refractivity contribution >= 4 is 65.2 Å². The molecule has 2 aromatic carbocycles. The number of aromatic nitrogens is 1. The maximum atomic E-state index is 13.9. The highest BCUT2D eigenvalue weighted by atomic mass is 16.4. The summed E-state index contributed by atoms with van der Waals surface area (Å²) in [5.41, 5.74) is 3.30. The fraction of sp³-hybridized carbons (Fsp3) is 0.480. The number of hydrogen-bond acceptors (Lipinski definition) is 11. The first-order valence-corrected chi connectivity index (χ1v) is 23.7. The highest BCUT2D eigenvalue weighted by Crippen LogP contribution is 2.20. The van der Waals surface area contributed by atoms with Crippen LogP contribution in [-0.4, -0.2) is 129 Å². The third-order valence-electron chi connectivity index (χ3n) is 11.7. The summed E-state index contributed by atoms with van der Waals surface area (Å²) in [5, 5.41) is 35.3. The summed E-state index contributed by atoms with van der Waals surface area (Å²) in [6.45, 7) is 6.61. The minimum atomic E-state index is -1.64. The second-order valence-corrected chi connectivity index (χ2v) is 17.7. The Balaban J connectivity index is 1.34. The van der Waals surface area contributed by atoms with Gasteiger partial charge in [0.2, 0.25) is 29.5 Å². The fourth-order valence-corrected chi connectivity index (χ4v) is 7.93. The molecule has 0 unspecified atom stereocenters. The smallest absolute Gasteiger partial charge is 0.323 e. The van der Waals surface area contributed by atoms with Crippen molar-refractivity contribution in [3.8, 4) is 0 Å². The van der Waals surface area contributed by atoms with E-state index in [1.54, 1.807) is 67.4 Å². The second kappa shape index (κ2) is 29.0. The van der Waals surface area contributed by atoms with Gasteiger partial charge >= 0.3 is 18.0 Å². The molecule has 3 aromatic rings. The number of nitrogens with one attached hydrogen (secondary N) is 6. The van der Waals surface area contributed by atoms with Crippen molar-refractivity contribution < 1.29 is 53.4 Å². The summed E-state index contributed by atoms with van der Waals surface area (Å²) in [7, 11) is 0. The molecule has 1 aliphatic rings. The first-order chi connectivity index (χ1) is 33.5. The quantitative estimate of drug-likeness (QED) is 0.0364. The predicted octanol–water partition coefficient (Wildman–Crippen LogP) is 3.79. The van der Waals surface area contributed by atoms with Crippen molar-refractivity contribution in [2.24, 2.45) is 5.92 Å². The highest BCUT2D eigenvalue weighted by molar-refractivity contribution is 6.00. The number of rotatable bonds is 29. The zero-order valence-electron chi connectivity index (χ0n) is 40.1. The van der Waals surface area contributed by atoms with Gasteiger partial charge in [-0.3, -0.25) is 43.4 Å². The molecule has 8 N–H and O–H groups in total. The van der Waals surface area contributed by atoms with Gasteiger partial charge in [0.25, 0.3) is 0 Å². The van der Waals surface area contributed by atoms with Gasteiger partial charge in [-0.15, -0.1) is 0 Å². The topological polar surface area (TPSA) is 286 Å². The number of carbonyl (C=O) groups is 9. The van der Waals surface area contributed by atoms with Crippen LogP contribution >= 0.6 is 0 Å². The van der Waals surface area contributed by atoms with Crippen LogP contribution in [0.1, 0.15) is 94.9 Å². The summed E-state index contributed by atoms with van der Waals surface area (Å²) in [4.78, 5) is 122. The van der Waals surface area contributed by atoms with E-state index in [1.807, 2.05) is 31.2 Å². The summed E-state index contributed by atoms with van der Waals surface area (Å²) >= 11 is 0. The summed E-state index contributed by atoms with van der Waals surface area (Å²) in [6, 6.07) is 14.2. The first kappa shape index (κ1) is 55.4. The van der Waals surface area contributed by atoms with E-state index < -0.39 is 78.1 Å². The minimum absolute atomic E-state index is 0.0498. The summed E-state index contributed by atoms with van der Waals surface area (Å²) in [6.07, 6.45) is 5.41. The van der Waals surface area contributed by atoms with Crippen molar-refractivity contribution in [3.63, 3.8) is 0 Å². The molecule has 1 fully saturated rings. The predicted molar refractivity (Wildman–Crippen MR) is 260 cm³/mol. The Kier molecular flexibility index (Phi) is 22.9. The van der Waals surface area contributed by atoms with E-state index in [4.69, 9.17) is 0 Å². The van der Waals surface area contributed by atoms with E-state index in [-0.39, 0.29) is 38.3 Å². The van der Waals surface area contributed by atoms with Crippen LogP contribution in [0.3, 0.4) is 0 Å². The fourth-order valence-electron chi connectivity index (χ4n) is 7.93. The molecule has 0 aliphatic carbocycles. The molecule has 4 rings (SSSR count). The number of para-hydroxylation sites is 1. The Morgan fingerprint density at radius 1 is 0.800 bits per heavy atom. The average molecular weight is 970 g/mol. The number of unbranched alkanes of at least 4 members (excludes halogenated alkanes) is 3. The summed E-state index contributed by atoms with van der Waals surface area (Å²) in [5.74, 6) is -5.81. The number of anilines is 2. The van der Waals surface area contributed by atoms with Gasteiger partial charge in [-0.1, -0.05) is 56.7 Å². The molecule has 0 radical (unpaired) electrons. The van der Waals surface area contributed by atoms with Crippen molar-refractivity contribution in [1.82, 2.24) is 36.1 Å². The minimum Gasteiger partial charge on any atom is -0.481 e. The van der Waals surface area contributed by atoms with Crippen molar-refractivity contribution in [2.45, 2.75) is 122 Å². The number of nitrogens with zero attached hydrogens (tertiary/aromatic N) is 3. The number of aldehydes is 1. The number of carbonyl (C=O) groups excluding carboxylic acids is 7. The third kappa shape index (κ3) is 19.4. The Morgan fingerprint density at radius 2 is 1.53 bits per heavy atom. The molecule has 0 saturated carbocycles. The standard InChI is InChI=1S/C50H67N9O11/c1-33(2)46(49(69)59-27-13-16-38(59)32-60)57-48(68)41(29-44(63)64)55-47(67)40(54-43(62)28-35-20-22-36(23-21-35)53-50(70)56-39-17-7-6-14-34(39)3)18-9-11-25-52-42(61)19-5-4-12-26-58(31-45(65)66)30-37-15-8-10-24-51-37/h6-8,10,14-15,17,20-24,32-33,38,40-41,46H,4-5,9,11-13,16,18-19,25-31H2,1-3H3,(H,52,61)(H,54,62)(H,55,67)(H,57,68)(H,63,64)(H,65,66)(H2,53,56,70)/t38-,40-,41-,46-/m0/s1. The second-order valence-electron chi connectivity index (χ2n) is 17.7. The Labute approximate surface area is 408 Å². The molecule has 4 atom stereocenters. The van der Waals surface area contributed by atoms with Crippen LogP contribution in [0.2, 0.25) is 0 Å². The molecule has 1 aliphatic heterocycles. The number of aryl methyl sites for hydroxylation is 1. The third-order valence-corrected chi connectivity index (χ3v) is 11.7. The molecular weight excluding hydrogens is 903 g/mol. The molecule has 0 bridgehead atoms. The van der Waals surface area contributed by atoms with E-state index in [9.17, 15) is 53.4 Å². The highest BCUT2D eigenvalue weighted by Gasteiger charge is 2.37. The lowest BCUT2D eigenvalue weighted by Gasteiger charge is -2.30. The zero-order chi connectivity index (χ0) is 51.0. The monoisotopic (exact) mass is 969 g/mol. The van der Waals surface area contributed by atoms with Gasteiger partial charge in [-0.05, 0) is 106 Å². The van der Waals surface area contributed by atoms with E-state index in [1.165, 1.54) is 4.90 Å². The molecule has 1 saturated heterocycles. The molecule has 2 heterocycles. The average Bonchev–Trinajstić information content (AvgIpc) is 3.80. The molecule has 70 heavy (non-hydrogen) atoms. The lowest BCUT2D eigenvalue weighted by atomic mass is 10.0. The van der Waals surface area contributed by atoms with Crippen LogP contribution in [0.4, 0.5) is 16.2 Å². The van der Waals surface area contributed by atoms with E-state index >= 15 is 0 Å². The number of amides is 7.